The van der Waals surface area contributed by atoms with Crippen LogP contribution in [0.4, 0.5) is 0 Å². The minimum absolute atomic E-state index is 0.0179. The van der Waals surface area contributed by atoms with Crippen LogP contribution in [0.1, 0.15) is 281 Å². The fourth-order valence-corrected chi connectivity index (χ4v) is 15.1. The van der Waals surface area contributed by atoms with Gasteiger partial charge in [-0.2, -0.15) is 0 Å². The van der Waals surface area contributed by atoms with E-state index in [2.05, 4.69) is 371 Å². The maximum atomic E-state index is 5.09. The normalized spacial score (nSPS) is 11.1. The van der Waals surface area contributed by atoms with Crippen molar-refractivity contribution in [3.8, 4) is 0 Å². The monoisotopic (exact) mass is 1830 g/mol. The van der Waals surface area contributed by atoms with Gasteiger partial charge in [-0.25, -0.2) is 54.8 Å². The first-order valence-corrected chi connectivity index (χ1v) is 48.1. The Morgan fingerprint density at radius 1 is 0.246 bits per heavy atom. The highest BCUT2D eigenvalue weighted by molar-refractivity contribution is 5.88. The number of hydrogen-bond donors (Lipinski definition) is 1. The van der Waals surface area contributed by atoms with Gasteiger partial charge >= 0.3 is 0 Å². The number of nitrogens with zero attached hydrogens (tertiary/aromatic N) is 16. The maximum Gasteiger partial charge on any atom is 0.162 e. The summed E-state index contributed by atoms with van der Waals surface area (Å²) in [4.78, 5) is 72.3. The molecule has 0 atom stereocenters. The number of rotatable bonds is 10. The summed E-state index contributed by atoms with van der Waals surface area (Å²) in [6, 6.07) is 90.4. The van der Waals surface area contributed by atoms with Crippen LogP contribution in [0.2, 0.25) is 0 Å². The van der Waals surface area contributed by atoms with Crippen LogP contribution in [-0.2, 0) is 5.41 Å². The van der Waals surface area contributed by atoms with Gasteiger partial charge in [0.1, 0.15) is 36.4 Å². The number of aromatic nitrogens is 17. The average molecular weight is 1830 g/mol. The molecule has 706 valence electrons. The van der Waals surface area contributed by atoms with Crippen molar-refractivity contribution in [3.63, 3.8) is 0 Å². The third-order valence-electron chi connectivity index (χ3n) is 22.6. The molecule has 0 amide bonds. The molecule has 0 fully saturated rings. The fourth-order valence-electron chi connectivity index (χ4n) is 15.1. The van der Waals surface area contributed by atoms with E-state index in [1.54, 1.807) is 43.8 Å². The Morgan fingerprint density at radius 3 is 1.31 bits per heavy atom. The van der Waals surface area contributed by atoms with Crippen LogP contribution in [0.5, 0.6) is 0 Å². The molecule has 0 bridgehead atoms. The molecule has 21 rings (SSSR count). The number of benzene rings is 9. The van der Waals surface area contributed by atoms with Gasteiger partial charge < -0.3 is 9.40 Å². The summed E-state index contributed by atoms with van der Waals surface area (Å²) in [5.74, 6) is 7.90. The predicted octanol–water partition coefficient (Wildman–Crippen LogP) is 31.9. The molecule has 1 N–H and O–H groups in total. The first-order valence-electron chi connectivity index (χ1n) is 48.1. The van der Waals surface area contributed by atoms with Crippen molar-refractivity contribution < 1.29 is 4.42 Å². The highest BCUT2D eigenvalue weighted by atomic mass is 16.3. The molecule has 9 aromatic carbocycles. The van der Waals surface area contributed by atoms with E-state index in [1.807, 2.05) is 164 Å². The van der Waals surface area contributed by atoms with Crippen LogP contribution >= 0.6 is 0 Å². The first kappa shape index (κ1) is 104. The molecule has 21 aromatic rings. The zero-order valence-electron chi connectivity index (χ0n) is 84.6. The molecule has 18 heteroatoms. The summed E-state index contributed by atoms with van der Waals surface area (Å²) in [7, 11) is 0. The van der Waals surface area contributed by atoms with Gasteiger partial charge in [-0.05, 0) is 172 Å². The Kier molecular flexibility index (Phi) is 38.5. The summed E-state index contributed by atoms with van der Waals surface area (Å²) in [5, 5.41) is 12.2. The number of pyridine rings is 5. The Bertz CT molecular complexity index is 6530. The Labute approximate surface area is 815 Å². The van der Waals surface area contributed by atoms with Gasteiger partial charge in [0, 0.05) is 97.8 Å². The molecule has 0 spiro atoms. The largest absolute Gasteiger partial charge is 0.469 e. The zero-order chi connectivity index (χ0) is 98.8. The minimum atomic E-state index is 0.0179. The van der Waals surface area contributed by atoms with Crippen LogP contribution in [0, 0.1) is 0 Å². The Balaban J connectivity index is 0.000000146. The van der Waals surface area contributed by atoms with Crippen molar-refractivity contribution in [3.05, 3.63) is 398 Å². The van der Waals surface area contributed by atoms with Gasteiger partial charge in [0.05, 0.1) is 90.6 Å². The smallest absolute Gasteiger partial charge is 0.162 e. The van der Waals surface area contributed by atoms with Crippen molar-refractivity contribution in [2.24, 2.45) is 0 Å². The minimum Gasteiger partial charge on any atom is -0.469 e. The van der Waals surface area contributed by atoms with Gasteiger partial charge in [-0.15, -0.1) is 0 Å². The van der Waals surface area contributed by atoms with E-state index in [-0.39, 0.29) is 5.41 Å². The number of furan rings is 1. The number of H-pyrrole nitrogens is 1. The van der Waals surface area contributed by atoms with E-state index in [0.717, 1.165) is 112 Å². The number of fused-ring (bicyclic) bond motifs is 10. The lowest BCUT2D eigenvalue weighted by Crippen LogP contribution is -2.15. The van der Waals surface area contributed by atoms with Gasteiger partial charge in [0.25, 0.3) is 0 Å². The molecule has 0 saturated heterocycles. The summed E-state index contributed by atoms with van der Waals surface area (Å²) in [6.45, 7) is 49.5. The molecule has 18 nitrogen and oxygen atoms in total. The van der Waals surface area contributed by atoms with Crippen LogP contribution in [0.25, 0.3) is 109 Å². The lowest BCUT2D eigenvalue weighted by Gasteiger charge is -2.16. The number of para-hydroxylation sites is 8. The van der Waals surface area contributed by atoms with E-state index in [0.29, 0.717) is 59.2 Å². The second kappa shape index (κ2) is 51.2. The SMILES string of the molecule is CC(C)(C)c1ncc2ccccc2n1.CC(C)c1ccc2ccccc2n1.CC(C)c1cccc2ccccc12.CC(C)c1ccco1.CC(C)c1ccnc2ccccc12.CC(C)c1cnc2ccccc2n1.CC(C)c1nc2ccccc2[nH]1.CC(C)c1nccc2ccccc12.CC(C)c1ncnc2ccccc12.CC(C)c1ncnc2cnccc12.CC(C)c1ncnc2ncccc12. The highest BCUT2D eigenvalue weighted by Gasteiger charge is 2.18. The van der Waals surface area contributed by atoms with Crippen molar-refractivity contribution in [1.29, 1.82) is 0 Å². The fraction of sp³-hybridized carbons (Fsp3) is 0.283. The van der Waals surface area contributed by atoms with Gasteiger partial charge in [0.2, 0.25) is 0 Å². The zero-order valence-corrected chi connectivity index (χ0v) is 84.6. The molecule has 0 saturated carbocycles. The predicted molar refractivity (Wildman–Crippen MR) is 577 cm³/mol. The molecule has 12 heterocycles. The highest BCUT2D eigenvalue weighted by Crippen LogP contribution is 2.30. The molecule has 0 unspecified atom stereocenters. The number of hydrogen-bond acceptors (Lipinski definition) is 17. The molecule has 0 radical (unpaired) electrons. The van der Waals surface area contributed by atoms with E-state index in [4.69, 9.17) is 4.42 Å². The molecule has 138 heavy (non-hydrogen) atoms. The van der Waals surface area contributed by atoms with Crippen LogP contribution in [-0.4, -0.2) is 84.7 Å². The van der Waals surface area contributed by atoms with Crippen molar-refractivity contribution in [2.45, 2.75) is 224 Å². The summed E-state index contributed by atoms with van der Waals surface area (Å²) < 4.78 is 5.09. The molecule has 0 aliphatic carbocycles. The van der Waals surface area contributed by atoms with Crippen LogP contribution < -0.4 is 0 Å². The van der Waals surface area contributed by atoms with E-state index in [1.165, 1.54) is 60.2 Å². The lowest BCUT2D eigenvalue weighted by molar-refractivity contribution is 0.487. The number of nitrogens with one attached hydrogen (secondary N) is 1. The maximum absolute atomic E-state index is 5.09. The number of aromatic amines is 1. The van der Waals surface area contributed by atoms with Gasteiger partial charge in [0.15, 0.2) is 5.65 Å². The van der Waals surface area contributed by atoms with E-state index < -0.39 is 0 Å². The second-order valence-corrected chi connectivity index (χ2v) is 37.9. The molecular weight excluding hydrogens is 1700 g/mol. The van der Waals surface area contributed by atoms with Crippen molar-refractivity contribution in [2.75, 3.05) is 0 Å². The topological polar surface area (TPSA) is 235 Å². The average Bonchev–Trinajstić information content (AvgIpc) is 1.36. The third kappa shape index (κ3) is 29.6. The Morgan fingerprint density at radius 2 is 0.725 bits per heavy atom. The summed E-state index contributed by atoms with van der Waals surface area (Å²) in [6.07, 6.45) is 19.3. The Hall–Kier alpha value is -14.8. The van der Waals surface area contributed by atoms with Crippen molar-refractivity contribution in [1.82, 2.24) is 84.7 Å². The van der Waals surface area contributed by atoms with Crippen LogP contribution in [0.15, 0.2) is 340 Å². The molecular formula is C120H135N17O. The van der Waals surface area contributed by atoms with E-state index in [9.17, 15) is 0 Å². The third-order valence-corrected chi connectivity index (χ3v) is 22.6. The van der Waals surface area contributed by atoms with Gasteiger partial charge in [-0.3, -0.25) is 24.9 Å². The number of imidazole rings is 1. The lowest BCUT2D eigenvalue weighted by atomic mass is 9.95. The first-order chi connectivity index (χ1) is 66.4. The summed E-state index contributed by atoms with van der Waals surface area (Å²) in [5.41, 5.74) is 19.6. The summed E-state index contributed by atoms with van der Waals surface area (Å²) >= 11 is 0. The second-order valence-electron chi connectivity index (χ2n) is 37.9. The molecule has 0 aliphatic rings. The molecule has 12 aromatic heterocycles. The quantitative estimate of drug-likeness (QED) is 0.134. The van der Waals surface area contributed by atoms with Crippen molar-refractivity contribution >= 4 is 109 Å². The standard InChI is InChI=1S/C13H14.C12H14N2.3C12H13N.2C11H12N2.2C10H11N3.C10H12N2.C7H10O/c1-10(2)12-9-5-7-11-6-3-4-8-13(11)12;1-12(2,3)11-13-8-9-6-4-5-7-10(9)14-11;1-9(2)10-7-8-13-12-6-4-3-5-11(10)12;1-9(2)11-8-7-10-5-3-4-6-12(10)13-11;1-9(2)12-11-6-4-3-5-10(11)7-8-13-12;1-8(2)11-9-5-3-4-6-10(9)12-7-13-11;1-8(2)11-7-12-9-5-3-4-6-10(9)13-11;1-7(2)10-8-3-4-11-5-9(8)12-6-13-10;1-7(2)9-8-4-3-5-11-10(8)13-6-12-9;1-7(2)10-11-8-5-3-4-6-9(8)12-10;1-6(2)7-4-3-5-8-7/h3-10H,1-2H3;4-8H,1-3H3;3*3-9H,1-2H3;2*3-8H,1-2H3;2*3-7H,1-2H3;3-7H,1-2H3,(H,11,12);3-6H,1-2H3. The van der Waals surface area contributed by atoms with Gasteiger partial charge in [-0.1, -0.05) is 329 Å². The van der Waals surface area contributed by atoms with E-state index >= 15 is 0 Å². The molecule has 0 aliphatic heterocycles. The van der Waals surface area contributed by atoms with Crippen LogP contribution in [0.3, 0.4) is 0 Å².